The highest BCUT2D eigenvalue weighted by atomic mass is 16.5. The Bertz CT molecular complexity index is 792. The number of rotatable bonds is 2. The van der Waals surface area contributed by atoms with Gasteiger partial charge in [-0.15, -0.1) is 0 Å². The van der Waals surface area contributed by atoms with E-state index in [0.29, 0.717) is 28.8 Å². The lowest BCUT2D eigenvalue weighted by atomic mass is 10.2. The van der Waals surface area contributed by atoms with Crippen LogP contribution in [0.4, 0.5) is 0 Å². The molecular weight excluding hydrogens is 242 g/mol. The van der Waals surface area contributed by atoms with Gasteiger partial charge in [0.1, 0.15) is 11.3 Å². The Kier molecular flexibility index (Phi) is 2.76. The van der Waals surface area contributed by atoms with E-state index in [1.807, 2.05) is 6.07 Å². The fourth-order valence-electron chi connectivity index (χ4n) is 2.02. The van der Waals surface area contributed by atoms with Crippen LogP contribution in [0.5, 0.6) is 0 Å². The van der Waals surface area contributed by atoms with E-state index in [4.69, 9.17) is 4.42 Å². The summed E-state index contributed by atoms with van der Waals surface area (Å²) >= 11 is 0. The van der Waals surface area contributed by atoms with Crippen molar-refractivity contribution in [3.63, 3.8) is 0 Å². The van der Waals surface area contributed by atoms with E-state index < -0.39 is 0 Å². The van der Waals surface area contributed by atoms with Crippen molar-refractivity contribution in [2.24, 2.45) is 0 Å². The van der Waals surface area contributed by atoms with Gasteiger partial charge in [-0.2, -0.15) is 4.73 Å². The van der Waals surface area contributed by atoms with Crippen molar-refractivity contribution in [1.82, 2.24) is 0 Å². The summed E-state index contributed by atoms with van der Waals surface area (Å²) in [4.78, 5) is 11.9. The molecule has 0 saturated carbocycles. The third kappa shape index (κ3) is 2.20. The summed E-state index contributed by atoms with van der Waals surface area (Å²) in [5, 5.41) is 12.1. The molecule has 2 aromatic heterocycles. The molecule has 0 unspecified atom stereocenters. The fourth-order valence-corrected chi connectivity index (χ4v) is 2.02. The van der Waals surface area contributed by atoms with Gasteiger partial charge in [-0.3, -0.25) is 4.79 Å². The van der Waals surface area contributed by atoms with Crippen LogP contribution in [0.2, 0.25) is 0 Å². The van der Waals surface area contributed by atoms with Crippen LogP contribution < -0.4 is 10.2 Å². The fraction of sp³-hybridized carbons (Fsp3) is 0.0667. The molecule has 0 radical (unpaired) electrons. The zero-order valence-corrected chi connectivity index (χ0v) is 10.1. The monoisotopic (exact) mass is 253 g/mol. The molecule has 94 valence electrons. The quantitative estimate of drug-likeness (QED) is 0.518. The van der Waals surface area contributed by atoms with Crippen LogP contribution in [0.3, 0.4) is 0 Å². The molecule has 0 fully saturated rings. The predicted octanol–water partition coefficient (Wildman–Crippen LogP) is 2.02. The van der Waals surface area contributed by atoms with Crippen LogP contribution in [-0.2, 0) is 6.42 Å². The molecule has 1 aromatic carbocycles. The SMILES string of the molecule is O=c1cc(Cc2cccc[n+]2[O-])oc2ccccc12. The third-order valence-electron chi connectivity index (χ3n) is 2.95. The summed E-state index contributed by atoms with van der Waals surface area (Å²) < 4.78 is 6.42. The predicted molar refractivity (Wildman–Crippen MR) is 70.7 cm³/mol. The summed E-state index contributed by atoms with van der Waals surface area (Å²) in [6, 6.07) is 13.7. The maximum Gasteiger partial charge on any atom is 0.200 e. The number of pyridine rings is 1. The Labute approximate surface area is 109 Å². The Morgan fingerprint density at radius 2 is 1.89 bits per heavy atom. The number of fused-ring (bicyclic) bond motifs is 1. The van der Waals surface area contributed by atoms with E-state index in [1.54, 1.807) is 36.4 Å². The van der Waals surface area contributed by atoms with Crippen LogP contribution in [0, 0.1) is 5.21 Å². The second-order valence-corrected chi connectivity index (χ2v) is 4.27. The molecule has 4 nitrogen and oxygen atoms in total. The molecule has 0 N–H and O–H groups in total. The topological polar surface area (TPSA) is 57.1 Å². The Morgan fingerprint density at radius 3 is 2.74 bits per heavy atom. The normalized spacial score (nSPS) is 10.7. The highest BCUT2D eigenvalue weighted by Gasteiger charge is 2.09. The molecule has 19 heavy (non-hydrogen) atoms. The van der Waals surface area contributed by atoms with E-state index in [1.165, 1.54) is 12.3 Å². The van der Waals surface area contributed by atoms with Crippen LogP contribution >= 0.6 is 0 Å². The molecule has 0 amide bonds. The molecule has 2 heterocycles. The van der Waals surface area contributed by atoms with Gasteiger partial charge in [0.2, 0.25) is 0 Å². The van der Waals surface area contributed by atoms with Gasteiger partial charge in [-0.1, -0.05) is 12.1 Å². The maximum atomic E-state index is 11.9. The largest absolute Gasteiger partial charge is 0.618 e. The van der Waals surface area contributed by atoms with Crippen molar-refractivity contribution in [3.05, 3.63) is 81.6 Å². The summed E-state index contributed by atoms with van der Waals surface area (Å²) in [6.45, 7) is 0. The standard InChI is InChI=1S/C15H11NO3/c17-14-10-12(9-11-5-3-4-8-16(11)18)19-15-7-2-1-6-13(14)15/h1-8,10H,9H2. The molecule has 3 aromatic rings. The minimum absolute atomic E-state index is 0.0924. The molecule has 0 bridgehead atoms. The average molecular weight is 253 g/mol. The van der Waals surface area contributed by atoms with Crippen LogP contribution in [0.25, 0.3) is 11.0 Å². The first-order valence-corrected chi connectivity index (χ1v) is 5.93. The molecule has 0 aliphatic rings. The molecule has 0 aliphatic heterocycles. The van der Waals surface area contributed by atoms with E-state index in [9.17, 15) is 10.0 Å². The van der Waals surface area contributed by atoms with Gasteiger partial charge in [-0.05, 0) is 18.2 Å². The third-order valence-corrected chi connectivity index (χ3v) is 2.95. The Balaban J connectivity index is 2.07. The van der Waals surface area contributed by atoms with E-state index in [-0.39, 0.29) is 5.43 Å². The van der Waals surface area contributed by atoms with Gasteiger partial charge in [0.15, 0.2) is 17.3 Å². The van der Waals surface area contributed by atoms with Gasteiger partial charge in [-0.25, -0.2) is 0 Å². The summed E-state index contributed by atoms with van der Waals surface area (Å²) in [5.74, 6) is 0.486. The highest BCUT2D eigenvalue weighted by Crippen LogP contribution is 2.13. The summed E-state index contributed by atoms with van der Waals surface area (Å²) in [7, 11) is 0. The van der Waals surface area contributed by atoms with Gasteiger partial charge >= 0.3 is 0 Å². The van der Waals surface area contributed by atoms with E-state index >= 15 is 0 Å². The lowest BCUT2D eigenvalue weighted by molar-refractivity contribution is -0.613. The lowest BCUT2D eigenvalue weighted by Gasteiger charge is -2.04. The minimum atomic E-state index is -0.0924. The molecular formula is C15H11NO3. The zero-order chi connectivity index (χ0) is 13.2. The Morgan fingerprint density at radius 1 is 1.11 bits per heavy atom. The van der Waals surface area contributed by atoms with Crippen molar-refractivity contribution in [2.45, 2.75) is 6.42 Å². The lowest BCUT2D eigenvalue weighted by Crippen LogP contribution is -2.30. The minimum Gasteiger partial charge on any atom is -0.618 e. The van der Waals surface area contributed by atoms with Crippen molar-refractivity contribution in [2.75, 3.05) is 0 Å². The number of para-hydroxylation sites is 1. The second-order valence-electron chi connectivity index (χ2n) is 4.27. The first-order valence-electron chi connectivity index (χ1n) is 5.93. The molecule has 0 atom stereocenters. The average Bonchev–Trinajstić information content (AvgIpc) is 2.42. The number of hydrogen-bond donors (Lipinski definition) is 0. The highest BCUT2D eigenvalue weighted by molar-refractivity contribution is 5.76. The maximum absolute atomic E-state index is 11.9. The molecule has 0 saturated heterocycles. The van der Waals surface area contributed by atoms with Crippen molar-refractivity contribution in [3.8, 4) is 0 Å². The number of benzene rings is 1. The summed E-state index contributed by atoms with van der Waals surface area (Å²) in [6.07, 6.45) is 1.72. The van der Waals surface area contributed by atoms with E-state index in [0.717, 1.165) is 4.73 Å². The van der Waals surface area contributed by atoms with Crippen LogP contribution in [-0.4, -0.2) is 0 Å². The number of aromatic nitrogens is 1. The van der Waals surface area contributed by atoms with Crippen molar-refractivity contribution in [1.29, 1.82) is 0 Å². The van der Waals surface area contributed by atoms with Gasteiger partial charge in [0.05, 0.1) is 11.8 Å². The first kappa shape index (κ1) is 11.5. The van der Waals surface area contributed by atoms with Gasteiger partial charge in [0.25, 0.3) is 0 Å². The molecule has 0 aliphatic carbocycles. The van der Waals surface area contributed by atoms with Gasteiger partial charge < -0.3 is 9.62 Å². The molecule has 3 rings (SSSR count). The number of hydrogen-bond acceptors (Lipinski definition) is 3. The first-order chi connectivity index (χ1) is 9.24. The van der Waals surface area contributed by atoms with Crippen molar-refractivity contribution >= 4 is 11.0 Å². The molecule has 0 spiro atoms. The van der Waals surface area contributed by atoms with Crippen LogP contribution in [0.15, 0.2) is 63.9 Å². The number of nitrogens with zero attached hydrogens (tertiary/aromatic N) is 1. The second kappa shape index (κ2) is 4.57. The van der Waals surface area contributed by atoms with Crippen molar-refractivity contribution < 1.29 is 9.15 Å². The van der Waals surface area contributed by atoms with E-state index in [2.05, 4.69) is 0 Å². The van der Waals surface area contributed by atoms with Gasteiger partial charge in [0, 0.05) is 18.2 Å². The summed E-state index contributed by atoms with van der Waals surface area (Å²) in [5.41, 5.74) is 0.990. The smallest absolute Gasteiger partial charge is 0.200 e. The molecule has 4 heteroatoms. The Hall–Kier alpha value is -2.62. The van der Waals surface area contributed by atoms with Crippen LogP contribution in [0.1, 0.15) is 11.5 Å². The zero-order valence-electron chi connectivity index (χ0n) is 10.1.